The Kier molecular flexibility index (Phi) is 3.35. The Labute approximate surface area is 112 Å². The lowest BCUT2D eigenvalue weighted by molar-refractivity contribution is 0.102. The number of likely N-dealkylation sites (tertiary alicyclic amines) is 1. The van der Waals surface area contributed by atoms with Gasteiger partial charge in [0.15, 0.2) is 11.4 Å². The van der Waals surface area contributed by atoms with E-state index in [1.807, 2.05) is 0 Å². The van der Waals surface area contributed by atoms with E-state index in [9.17, 15) is 4.79 Å². The van der Waals surface area contributed by atoms with Gasteiger partial charge in [-0.25, -0.2) is 4.98 Å². The molecule has 0 N–H and O–H groups in total. The maximum Gasteiger partial charge on any atom is 0.185 e. The second-order valence-electron chi connectivity index (χ2n) is 5.35. The number of thiazole rings is 1. The van der Waals surface area contributed by atoms with Crippen LogP contribution < -0.4 is 4.90 Å². The fourth-order valence-corrected chi connectivity index (χ4v) is 4.07. The number of hydrogen-bond donors (Lipinski definition) is 0. The van der Waals surface area contributed by atoms with Gasteiger partial charge in [0.25, 0.3) is 0 Å². The molecule has 3 rings (SSSR count). The first-order valence-electron chi connectivity index (χ1n) is 6.64. The van der Waals surface area contributed by atoms with Gasteiger partial charge >= 0.3 is 0 Å². The summed E-state index contributed by atoms with van der Waals surface area (Å²) in [6.45, 7) is 3.41. The number of hydrogen-bond acceptors (Lipinski definition) is 5. The summed E-state index contributed by atoms with van der Waals surface area (Å²) in [5.41, 5.74) is 0. The number of carbonyl (C=O) groups is 1. The van der Waals surface area contributed by atoms with E-state index in [-0.39, 0.29) is 0 Å². The summed E-state index contributed by atoms with van der Waals surface area (Å²) in [7, 11) is 2.25. The van der Waals surface area contributed by atoms with Crippen LogP contribution in [0.5, 0.6) is 0 Å². The fourth-order valence-electron chi connectivity index (χ4n) is 3.30. The molecule has 1 aromatic rings. The van der Waals surface area contributed by atoms with Gasteiger partial charge in [0, 0.05) is 19.1 Å². The van der Waals surface area contributed by atoms with Gasteiger partial charge in [-0.2, -0.15) is 0 Å². The molecule has 0 aromatic carbocycles. The predicted molar refractivity (Wildman–Crippen MR) is 73.5 cm³/mol. The molecule has 18 heavy (non-hydrogen) atoms. The summed E-state index contributed by atoms with van der Waals surface area (Å²) < 4.78 is 0. The maximum absolute atomic E-state index is 10.7. The van der Waals surface area contributed by atoms with E-state index in [1.165, 1.54) is 37.1 Å². The van der Waals surface area contributed by atoms with E-state index in [0.29, 0.717) is 0 Å². The molecule has 1 aromatic heterocycles. The minimum absolute atomic E-state index is 0.730. The normalized spacial score (nSPS) is 29.1. The second-order valence-corrected chi connectivity index (χ2v) is 6.39. The third-order valence-electron chi connectivity index (χ3n) is 4.24. The Morgan fingerprint density at radius 3 is 3.11 bits per heavy atom. The highest BCUT2D eigenvalue weighted by molar-refractivity contribution is 7.17. The molecule has 4 nitrogen and oxygen atoms in total. The van der Waals surface area contributed by atoms with Crippen molar-refractivity contribution >= 4 is 22.8 Å². The molecule has 2 fully saturated rings. The van der Waals surface area contributed by atoms with Crippen molar-refractivity contribution < 1.29 is 4.79 Å². The van der Waals surface area contributed by atoms with Crippen LogP contribution in [-0.4, -0.2) is 48.9 Å². The predicted octanol–water partition coefficient (Wildman–Crippen LogP) is 1.88. The number of rotatable bonds is 2. The average molecular weight is 265 g/mol. The number of aldehydes is 1. The van der Waals surface area contributed by atoms with Gasteiger partial charge in [-0.15, -0.1) is 0 Å². The Morgan fingerprint density at radius 2 is 2.33 bits per heavy atom. The molecule has 2 atom stereocenters. The van der Waals surface area contributed by atoms with Gasteiger partial charge in [-0.1, -0.05) is 11.3 Å². The molecule has 2 aliphatic rings. The van der Waals surface area contributed by atoms with Crippen molar-refractivity contribution in [2.45, 2.75) is 25.3 Å². The molecule has 0 spiro atoms. The summed E-state index contributed by atoms with van der Waals surface area (Å²) in [4.78, 5) is 20.7. The largest absolute Gasteiger partial charge is 0.348 e. The topological polar surface area (TPSA) is 36.4 Å². The van der Waals surface area contributed by atoms with Crippen LogP contribution in [0.4, 0.5) is 5.13 Å². The smallest absolute Gasteiger partial charge is 0.185 e. The molecule has 5 heteroatoms. The first-order chi connectivity index (χ1) is 8.78. The zero-order chi connectivity index (χ0) is 12.5. The molecule has 3 heterocycles. The molecular formula is C13H19N3OS. The zero-order valence-electron chi connectivity index (χ0n) is 10.7. The molecule has 0 bridgehead atoms. The van der Waals surface area contributed by atoms with Gasteiger partial charge < -0.3 is 9.80 Å². The Morgan fingerprint density at radius 1 is 1.44 bits per heavy atom. The van der Waals surface area contributed by atoms with E-state index < -0.39 is 0 Å². The first-order valence-corrected chi connectivity index (χ1v) is 7.46. The average Bonchev–Trinajstić information content (AvgIpc) is 2.87. The number of fused-ring (bicyclic) bond motifs is 1. The molecular weight excluding hydrogens is 246 g/mol. The molecule has 0 amide bonds. The summed E-state index contributed by atoms with van der Waals surface area (Å²) in [5.74, 6) is 0.765. The quantitative estimate of drug-likeness (QED) is 0.765. The van der Waals surface area contributed by atoms with Crippen LogP contribution in [0.15, 0.2) is 6.20 Å². The minimum atomic E-state index is 0.730. The van der Waals surface area contributed by atoms with E-state index in [0.717, 1.165) is 41.3 Å². The Balaban J connectivity index is 1.71. The SMILES string of the molecule is CN1CCCC2CN(c3ncc(C=O)s3)CCC21. The summed E-state index contributed by atoms with van der Waals surface area (Å²) in [6.07, 6.45) is 6.44. The molecule has 0 saturated carbocycles. The highest BCUT2D eigenvalue weighted by Gasteiger charge is 2.34. The number of nitrogens with zero attached hydrogens (tertiary/aromatic N) is 3. The number of piperidine rings is 2. The first kappa shape index (κ1) is 12.1. The highest BCUT2D eigenvalue weighted by atomic mass is 32.1. The van der Waals surface area contributed by atoms with Gasteiger partial charge in [-0.3, -0.25) is 4.79 Å². The van der Waals surface area contributed by atoms with E-state index >= 15 is 0 Å². The van der Waals surface area contributed by atoms with E-state index in [1.54, 1.807) is 6.20 Å². The molecule has 2 saturated heterocycles. The van der Waals surface area contributed by atoms with Crippen molar-refractivity contribution in [1.82, 2.24) is 9.88 Å². The standard InChI is InChI=1S/C13H19N3OS/c1-15-5-2-3-10-8-16(6-4-12(10)15)13-14-7-11(9-17)18-13/h7,9-10,12H,2-6,8H2,1H3. The maximum atomic E-state index is 10.7. The Bertz CT molecular complexity index is 434. The molecule has 0 aliphatic carbocycles. The second kappa shape index (κ2) is 4.97. The third-order valence-corrected chi connectivity index (χ3v) is 5.23. The summed E-state index contributed by atoms with van der Waals surface area (Å²) >= 11 is 1.51. The van der Waals surface area contributed by atoms with Gasteiger partial charge in [-0.05, 0) is 38.8 Å². The fraction of sp³-hybridized carbons (Fsp3) is 0.692. The van der Waals surface area contributed by atoms with Gasteiger partial charge in [0.1, 0.15) is 0 Å². The molecule has 98 valence electrons. The lowest BCUT2D eigenvalue weighted by atomic mass is 9.84. The lowest BCUT2D eigenvalue weighted by Gasteiger charge is -2.45. The number of anilines is 1. The summed E-state index contributed by atoms with van der Waals surface area (Å²) in [5, 5.41) is 1.02. The van der Waals surface area contributed by atoms with Crippen LogP contribution in [0.3, 0.4) is 0 Å². The molecule has 2 unspecified atom stereocenters. The van der Waals surface area contributed by atoms with Gasteiger partial charge in [0.05, 0.1) is 11.1 Å². The molecule has 0 radical (unpaired) electrons. The van der Waals surface area contributed by atoms with Crippen LogP contribution in [-0.2, 0) is 0 Å². The van der Waals surface area contributed by atoms with Crippen LogP contribution in [0.2, 0.25) is 0 Å². The zero-order valence-corrected chi connectivity index (χ0v) is 11.5. The van der Waals surface area contributed by atoms with Crippen molar-refractivity contribution in [3.63, 3.8) is 0 Å². The van der Waals surface area contributed by atoms with Crippen molar-refractivity contribution in [2.24, 2.45) is 5.92 Å². The van der Waals surface area contributed by atoms with Crippen LogP contribution >= 0.6 is 11.3 Å². The van der Waals surface area contributed by atoms with Crippen molar-refractivity contribution in [3.05, 3.63) is 11.1 Å². The van der Waals surface area contributed by atoms with Crippen molar-refractivity contribution in [2.75, 3.05) is 31.6 Å². The lowest BCUT2D eigenvalue weighted by Crippen LogP contribution is -2.52. The monoisotopic (exact) mass is 265 g/mol. The van der Waals surface area contributed by atoms with Crippen molar-refractivity contribution in [3.8, 4) is 0 Å². The Hall–Kier alpha value is -0.940. The van der Waals surface area contributed by atoms with E-state index in [4.69, 9.17) is 0 Å². The van der Waals surface area contributed by atoms with Crippen molar-refractivity contribution in [1.29, 1.82) is 0 Å². The third kappa shape index (κ3) is 2.17. The molecule has 2 aliphatic heterocycles. The highest BCUT2D eigenvalue weighted by Crippen LogP contribution is 2.33. The van der Waals surface area contributed by atoms with E-state index in [2.05, 4.69) is 21.8 Å². The van der Waals surface area contributed by atoms with Crippen LogP contribution in [0.1, 0.15) is 28.9 Å². The summed E-state index contributed by atoms with van der Waals surface area (Å²) in [6, 6.07) is 0.750. The van der Waals surface area contributed by atoms with Gasteiger partial charge in [0.2, 0.25) is 0 Å². The number of carbonyl (C=O) groups excluding carboxylic acids is 1. The van der Waals surface area contributed by atoms with Crippen LogP contribution in [0, 0.1) is 5.92 Å². The van der Waals surface area contributed by atoms with Crippen LogP contribution in [0.25, 0.3) is 0 Å². The minimum Gasteiger partial charge on any atom is -0.348 e. The number of aromatic nitrogens is 1.